The van der Waals surface area contributed by atoms with E-state index >= 15 is 0 Å². The van der Waals surface area contributed by atoms with Gasteiger partial charge in [0.25, 0.3) is 0 Å². The molecule has 0 spiro atoms. The molecule has 23 heavy (non-hydrogen) atoms. The van der Waals surface area contributed by atoms with Gasteiger partial charge in [-0.1, -0.05) is 6.07 Å². The van der Waals surface area contributed by atoms with Gasteiger partial charge < -0.3 is 9.64 Å². The van der Waals surface area contributed by atoms with Gasteiger partial charge in [0.15, 0.2) is 0 Å². The number of pyridine rings is 1. The normalized spacial score (nSPS) is 13.9. The first-order chi connectivity index (χ1) is 11.1. The van der Waals surface area contributed by atoms with Gasteiger partial charge in [0.2, 0.25) is 0 Å². The van der Waals surface area contributed by atoms with Crippen LogP contribution in [0.3, 0.4) is 0 Å². The Labute approximate surface area is 136 Å². The van der Waals surface area contributed by atoms with Crippen molar-refractivity contribution in [1.82, 2.24) is 4.98 Å². The molecule has 1 aliphatic heterocycles. The fourth-order valence-corrected chi connectivity index (χ4v) is 2.88. The Hall–Kier alpha value is -2.62. The second kappa shape index (κ2) is 6.24. The second-order valence-electron chi connectivity index (χ2n) is 5.83. The fraction of sp³-hybridized carbons (Fsp3) is 0.263. The van der Waals surface area contributed by atoms with Crippen LogP contribution in [-0.2, 0) is 16.0 Å². The third kappa shape index (κ3) is 3.11. The van der Waals surface area contributed by atoms with Crippen LogP contribution in [0.15, 0.2) is 42.7 Å². The molecule has 118 valence electrons. The maximum Gasteiger partial charge on any atom is 0.330 e. The number of rotatable bonds is 3. The molecule has 2 heterocycles. The minimum atomic E-state index is -0.353. The Morgan fingerprint density at radius 3 is 2.87 bits per heavy atom. The lowest BCUT2D eigenvalue weighted by Gasteiger charge is -2.12. The number of esters is 1. The molecule has 0 bridgehead atoms. The van der Waals surface area contributed by atoms with E-state index in [0.29, 0.717) is 0 Å². The zero-order valence-corrected chi connectivity index (χ0v) is 13.7. The summed E-state index contributed by atoms with van der Waals surface area (Å²) in [5.74, 6) is -0.353. The molecule has 4 heteroatoms. The summed E-state index contributed by atoms with van der Waals surface area (Å²) in [7, 11) is 3.50. The van der Waals surface area contributed by atoms with E-state index < -0.39 is 0 Å². The summed E-state index contributed by atoms with van der Waals surface area (Å²) in [6, 6.07) is 8.59. The molecule has 0 atom stereocenters. The Balaban J connectivity index is 1.94. The van der Waals surface area contributed by atoms with Gasteiger partial charge in [0.1, 0.15) is 0 Å². The minimum absolute atomic E-state index is 0.353. The van der Waals surface area contributed by atoms with E-state index in [-0.39, 0.29) is 5.97 Å². The van der Waals surface area contributed by atoms with Gasteiger partial charge in [-0.2, -0.15) is 0 Å². The number of hydrogen-bond acceptors (Lipinski definition) is 4. The van der Waals surface area contributed by atoms with Crippen LogP contribution in [0.25, 0.3) is 16.7 Å². The zero-order valence-electron chi connectivity index (χ0n) is 13.7. The highest BCUT2D eigenvalue weighted by molar-refractivity contribution is 5.91. The number of carbonyl (C=O) groups excluding carboxylic acids is 1. The summed E-state index contributed by atoms with van der Waals surface area (Å²) >= 11 is 0. The van der Waals surface area contributed by atoms with Crippen molar-refractivity contribution in [2.24, 2.45) is 0 Å². The molecule has 0 saturated heterocycles. The van der Waals surface area contributed by atoms with Crippen LogP contribution in [0.4, 0.5) is 5.69 Å². The average molecular weight is 308 g/mol. The van der Waals surface area contributed by atoms with Crippen LogP contribution in [0.2, 0.25) is 0 Å². The van der Waals surface area contributed by atoms with E-state index in [9.17, 15) is 4.79 Å². The van der Waals surface area contributed by atoms with Crippen LogP contribution in [-0.4, -0.2) is 31.7 Å². The molecular weight excluding hydrogens is 288 g/mol. The number of carbonyl (C=O) groups is 1. The summed E-state index contributed by atoms with van der Waals surface area (Å²) in [5, 5.41) is 0. The van der Waals surface area contributed by atoms with Crippen molar-refractivity contribution >= 4 is 17.2 Å². The summed E-state index contributed by atoms with van der Waals surface area (Å²) in [6.45, 7) is 2.95. The first kappa shape index (κ1) is 15.3. The molecule has 0 aliphatic carbocycles. The first-order valence-electron chi connectivity index (χ1n) is 7.64. The van der Waals surface area contributed by atoms with E-state index in [1.165, 1.54) is 24.4 Å². The van der Waals surface area contributed by atoms with Crippen LogP contribution in [0.5, 0.6) is 0 Å². The standard InChI is InChI=1S/C19H20N2O2/c1-13(8-19(22)23-3)16-10-17(12-20-11-16)14-4-5-18-15(9-14)6-7-21(18)2/h4-5,8-12H,6-7H2,1-3H3/b13-8+. The van der Waals surface area contributed by atoms with Crippen LogP contribution in [0.1, 0.15) is 18.1 Å². The zero-order chi connectivity index (χ0) is 16.4. The molecular formula is C19H20N2O2. The Morgan fingerprint density at radius 1 is 1.26 bits per heavy atom. The van der Waals surface area contributed by atoms with E-state index in [1.807, 2.05) is 13.1 Å². The lowest BCUT2D eigenvalue weighted by molar-refractivity contribution is -0.134. The molecule has 0 amide bonds. The van der Waals surface area contributed by atoms with Gasteiger partial charge >= 0.3 is 5.97 Å². The Kier molecular flexibility index (Phi) is 4.15. The molecule has 1 aromatic carbocycles. The first-order valence-corrected chi connectivity index (χ1v) is 7.64. The third-order valence-corrected chi connectivity index (χ3v) is 4.27. The number of hydrogen-bond donors (Lipinski definition) is 0. The number of benzene rings is 1. The summed E-state index contributed by atoms with van der Waals surface area (Å²) < 4.78 is 4.68. The monoisotopic (exact) mass is 308 g/mol. The third-order valence-electron chi connectivity index (χ3n) is 4.27. The predicted octanol–water partition coefficient (Wildman–Crippen LogP) is 3.32. The largest absolute Gasteiger partial charge is 0.466 e. The van der Waals surface area contributed by atoms with Gasteiger partial charge in [-0.3, -0.25) is 4.98 Å². The number of aromatic nitrogens is 1. The van der Waals surface area contributed by atoms with Gasteiger partial charge in [-0.05, 0) is 53.8 Å². The van der Waals surface area contributed by atoms with Crippen LogP contribution >= 0.6 is 0 Å². The predicted molar refractivity (Wildman–Crippen MR) is 92.3 cm³/mol. The maximum atomic E-state index is 11.4. The maximum absolute atomic E-state index is 11.4. The molecule has 1 aromatic heterocycles. The van der Waals surface area contributed by atoms with E-state index in [0.717, 1.165) is 35.2 Å². The number of nitrogens with zero attached hydrogens (tertiary/aromatic N) is 2. The molecule has 4 nitrogen and oxygen atoms in total. The van der Waals surface area contributed by atoms with E-state index in [2.05, 4.69) is 45.9 Å². The molecule has 0 unspecified atom stereocenters. The van der Waals surface area contributed by atoms with Gasteiger partial charge in [0.05, 0.1) is 7.11 Å². The van der Waals surface area contributed by atoms with E-state index in [4.69, 9.17) is 0 Å². The molecule has 1 aliphatic rings. The summed E-state index contributed by atoms with van der Waals surface area (Å²) in [5.41, 5.74) is 6.64. The quantitative estimate of drug-likeness (QED) is 0.644. The summed E-state index contributed by atoms with van der Waals surface area (Å²) in [6.07, 6.45) is 6.18. The topological polar surface area (TPSA) is 42.4 Å². The number of likely N-dealkylation sites (N-methyl/N-ethyl adjacent to an activating group) is 1. The van der Waals surface area contributed by atoms with Crippen molar-refractivity contribution in [1.29, 1.82) is 0 Å². The number of anilines is 1. The number of fused-ring (bicyclic) bond motifs is 1. The van der Waals surface area contributed by atoms with Crippen molar-refractivity contribution in [2.75, 3.05) is 25.6 Å². The highest BCUT2D eigenvalue weighted by Gasteiger charge is 2.16. The molecule has 3 rings (SSSR count). The summed E-state index contributed by atoms with van der Waals surface area (Å²) in [4.78, 5) is 18.0. The van der Waals surface area contributed by atoms with E-state index in [1.54, 1.807) is 6.20 Å². The lowest BCUT2D eigenvalue weighted by atomic mass is 10.00. The van der Waals surface area contributed by atoms with Gasteiger partial charge in [-0.25, -0.2) is 4.79 Å². The fourth-order valence-electron chi connectivity index (χ4n) is 2.88. The lowest BCUT2D eigenvalue weighted by Crippen LogP contribution is -2.12. The SMILES string of the molecule is COC(=O)/C=C(\C)c1cncc(-c2ccc3c(c2)CCN3C)c1. The number of methoxy groups -OCH3 is 1. The molecule has 2 aromatic rings. The van der Waals surface area contributed by atoms with Crippen molar-refractivity contribution < 1.29 is 9.53 Å². The molecule has 0 saturated carbocycles. The number of ether oxygens (including phenoxy) is 1. The molecule has 0 N–H and O–H groups in total. The van der Waals surface area contributed by atoms with Gasteiger partial charge in [-0.15, -0.1) is 0 Å². The molecule has 0 radical (unpaired) electrons. The van der Waals surface area contributed by atoms with Crippen molar-refractivity contribution in [3.05, 3.63) is 53.9 Å². The van der Waals surface area contributed by atoms with Crippen LogP contribution < -0.4 is 4.90 Å². The number of allylic oxidation sites excluding steroid dienone is 1. The highest BCUT2D eigenvalue weighted by Crippen LogP contribution is 2.31. The highest BCUT2D eigenvalue weighted by atomic mass is 16.5. The smallest absolute Gasteiger partial charge is 0.330 e. The van der Waals surface area contributed by atoms with Crippen molar-refractivity contribution in [2.45, 2.75) is 13.3 Å². The Morgan fingerprint density at radius 2 is 2.09 bits per heavy atom. The van der Waals surface area contributed by atoms with Crippen LogP contribution in [0, 0.1) is 0 Å². The van der Waals surface area contributed by atoms with Crippen molar-refractivity contribution in [3.8, 4) is 11.1 Å². The average Bonchev–Trinajstić information content (AvgIpc) is 2.95. The van der Waals surface area contributed by atoms with Crippen molar-refractivity contribution in [3.63, 3.8) is 0 Å². The van der Waals surface area contributed by atoms with Gasteiger partial charge in [0, 0.05) is 43.3 Å². The second-order valence-corrected chi connectivity index (χ2v) is 5.83. The Bertz CT molecular complexity index is 781. The molecule has 0 fully saturated rings. The minimum Gasteiger partial charge on any atom is -0.466 e.